The van der Waals surface area contributed by atoms with Gasteiger partial charge in [0.15, 0.2) is 11.5 Å². The smallest absolute Gasteiger partial charge is 0.276 e. The van der Waals surface area contributed by atoms with Gasteiger partial charge in [-0.3, -0.25) is 9.80 Å². The lowest BCUT2D eigenvalue weighted by Crippen LogP contribution is -2.59. The summed E-state index contributed by atoms with van der Waals surface area (Å²) in [5, 5.41) is 14.2. The van der Waals surface area contributed by atoms with E-state index >= 15 is 0 Å². The van der Waals surface area contributed by atoms with Crippen LogP contribution in [-0.4, -0.2) is 77.3 Å². The maximum atomic E-state index is 13.3. The number of aliphatic hydroxyl groups is 1. The summed E-state index contributed by atoms with van der Waals surface area (Å²) in [6.07, 6.45) is 2.41. The fourth-order valence-electron chi connectivity index (χ4n) is 3.41. The fraction of sp³-hybridized carbons (Fsp3) is 0.450. The Balaban J connectivity index is 1.88. The van der Waals surface area contributed by atoms with Gasteiger partial charge in [-0.15, -0.1) is 0 Å². The molecular weight excluding hydrogens is 344 g/mol. The molecule has 2 aliphatic rings. The van der Waals surface area contributed by atoms with Crippen molar-refractivity contribution in [2.75, 3.05) is 34.4 Å². The average molecular weight is 372 g/mol. The Morgan fingerprint density at radius 3 is 2.67 bits per heavy atom. The fourth-order valence-corrected chi connectivity index (χ4v) is 3.41. The van der Waals surface area contributed by atoms with Crippen LogP contribution in [0.4, 0.5) is 0 Å². The molecule has 27 heavy (non-hydrogen) atoms. The molecule has 2 unspecified atom stereocenters. The molecule has 1 aromatic rings. The zero-order valence-corrected chi connectivity index (χ0v) is 16.4. The minimum Gasteiger partial charge on any atom is -0.488 e. The third-order valence-electron chi connectivity index (χ3n) is 4.73. The second-order valence-corrected chi connectivity index (χ2v) is 7.30. The molecule has 0 aliphatic carbocycles. The number of hydrogen-bond donors (Lipinski definition) is 1. The van der Waals surface area contributed by atoms with Gasteiger partial charge in [-0.1, -0.05) is 30.3 Å². The highest BCUT2D eigenvalue weighted by atomic mass is 16.5. The van der Waals surface area contributed by atoms with Crippen LogP contribution in [0.2, 0.25) is 0 Å². The minimum absolute atomic E-state index is 0.0306. The molecule has 2 heterocycles. The van der Waals surface area contributed by atoms with Crippen LogP contribution in [0.3, 0.4) is 0 Å². The predicted octanol–water partition coefficient (Wildman–Crippen LogP) is 1.20. The summed E-state index contributed by atoms with van der Waals surface area (Å²) in [4.78, 5) is 17.1. The van der Waals surface area contributed by atoms with E-state index in [0.29, 0.717) is 24.7 Å². The number of rotatable bonds is 6. The molecule has 7 nitrogen and oxygen atoms in total. The highest BCUT2D eigenvalue weighted by Gasteiger charge is 2.40. The Labute approximate surface area is 160 Å². The number of carbonyl (C=O) groups excluding carboxylic acids is 1. The molecule has 1 amide bonds. The van der Waals surface area contributed by atoms with Crippen LogP contribution >= 0.6 is 0 Å². The van der Waals surface area contributed by atoms with Crippen LogP contribution in [0.25, 0.3) is 0 Å². The number of hydrogen-bond acceptors (Lipinski definition) is 6. The highest BCUT2D eigenvalue weighted by molar-refractivity contribution is 5.94. The molecule has 3 rings (SSSR count). The van der Waals surface area contributed by atoms with Gasteiger partial charge in [0.2, 0.25) is 0 Å². The van der Waals surface area contributed by atoms with Gasteiger partial charge >= 0.3 is 0 Å². The molecule has 7 heteroatoms. The molecule has 0 aromatic heterocycles. The van der Waals surface area contributed by atoms with Crippen LogP contribution in [-0.2, 0) is 16.1 Å². The van der Waals surface area contributed by atoms with Crippen molar-refractivity contribution in [3.05, 3.63) is 59.6 Å². The molecule has 1 aromatic carbocycles. The lowest BCUT2D eigenvalue weighted by molar-refractivity contribution is -0.148. The number of ether oxygens (including phenoxy) is 1. The molecule has 146 valence electrons. The van der Waals surface area contributed by atoms with Gasteiger partial charge in [0.25, 0.3) is 5.91 Å². The van der Waals surface area contributed by atoms with Gasteiger partial charge in [0.1, 0.15) is 12.7 Å². The first kappa shape index (κ1) is 19.4. The topological polar surface area (TPSA) is 59.5 Å². The second kappa shape index (κ2) is 8.12. The van der Waals surface area contributed by atoms with Crippen molar-refractivity contribution in [2.45, 2.75) is 25.7 Å². The van der Waals surface area contributed by atoms with Crippen molar-refractivity contribution in [1.82, 2.24) is 19.8 Å². The first-order valence-electron chi connectivity index (χ1n) is 9.11. The Kier molecular flexibility index (Phi) is 5.84. The van der Waals surface area contributed by atoms with Gasteiger partial charge in [0, 0.05) is 25.8 Å². The lowest BCUT2D eigenvalue weighted by Gasteiger charge is -2.46. The van der Waals surface area contributed by atoms with Crippen LogP contribution < -0.4 is 0 Å². The monoisotopic (exact) mass is 372 g/mol. The minimum atomic E-state index is -0.943. The summed E-state index contributed by atoms with van der Waals surface area (Å²) in [5.74, 6) is 0.161. The molecule has 0 radical (unpaired) electrons. The van der Waals surface area contributed by atoms with Crippen molar-refractivity contribution in [2.24, 2.45) is 0 Å². The number of benzene rings is 1. The molecule has 1 N–H and O–H groups in total. The number of amides is 1. The largest absolute Gasteiger partial charge is 0.488 e. The molecule has 0 spiro atoms. The van der Waals surface area contributed by atoms with E-state index in [4.69, 9.17) is 4.74 Å². The summed E-state index contributed by atoms with van der Waals surface area (Å²) < 4.78 is 5.93. The quantitative estimate of drug-likeness (QED) is 0.810. The number of carbonyl (C=O) groups is 1. The van der Waals surface area contributed by atoms with E-state index < -0.39 is 6.10 Å². The van der Waals surface area contributed by atoms with E-state index in [1.807, 2.05) is 68.3 Å². The summed E-state index contributed by atoms with van der Waals surface area (Å²) in [5.41, 5.74) is 1.36. The Bertz CT molecular complexity index is 732. The van der Waals surface area contributed by atoms with Crippen molar-refractivity contribution in [3.8, 4) is 0 Å². The first-order chi connectivity index (χ1) is 12.9. The molecule has 1 saturated heterocycles. The van der Waals surface area contributed by atoms with Gasteiger partial charge in [0.05, 0.1) is 6.67 Å². The maximum Gasteiger partial charge on any atom is 0.276 e. The summed E-state index contributed by atoms with van der Waals surface area (Å²) in [6, 6.07) is 9.74. The second-order valence-electron chi connectivity index (χ2n) is 7.30. The van der Waals surface area contributed by atoms with Crippen molar-refractivity contribution in [1.29, 1.82) is 0 Å². The van der Waals surface area contributed by atoms with E-state index in [-0.39, 0.29) is 11.9 Å². The van der Waals surface area contributed by atoms with E-state index in [1.54, 1.807) is 17.3 Å². The summed E-state index contributed by atoms with van der Waals surface area (Å²) >= 11 is 0. The van der Waals surface area contributed by atoms with Gasteiger partial charge in [-0.2, -0.15) is 5.01 Å². The predicted molar refractivity (Wildman–Crippen MR) is 103 cm³/mol. The number of likely N-dealkylation sites (N-methyl/N-ethyl adjacent to an activating group) is 1. The van der Waals surface area contributed by atoms with Crippen molar-refractivity contribution in [3.63, 3.8) is 0 Å². The van der Waals surface area contributed by atoms with E-state index in [0.717, 1.165) is 12.1 Å². The Morgan fingerprint density at radius 1 is 1.30 bits per heavy atom. The number of aliphatic hydroxyl groups excluding tert-OH is 1. The van der Waals surface area contributed by atoms with Crippen molar-refractivity contribution < 1.29 is 14.6 Å². The van der Waals surface area contributed by atoms with Crippen LogP contribution in [0.1, 0.15) is 12.5 Å². The molecule has 1 fully saturated rings. The van der Waals surface area contributed by atoms with Gasteiger partial charge in [-0.05, 0) is 32.7 Å². The number of nitrogens with zero attached hydrogens (tertiary/aromatic N) is 4. The number of fused-ring (bicyclic) bond motifs is 1. The highest BCUT2D eigenvalue weighted by Crippen LogP contribution is 2.30. The third kappa shape index (κ3) is 4.16. The third-order valence-corrected chi connectivity index (χ3v) is 4.73. The van der Waals surface area contributed by atoms with Crippen LogP contribution in [0.15, 0.2) is 54.1 Å². The van der Waals surface area contributed by atoms with Crippen LogP contribution in [0, 0.1) is 0 Å². The normalized spacial score (nSPS) is 21.7. The van der Waals surface area contributed by atoms with E-state index in [2.05, 4.69) is 4.90 Å². The summed E-state index contributed by atoms with van der Waals surface area (Å²) in [7, 11) is 5.89. The zero-order chi connectivity index (χ0) is 19.6. The van der Waals surface area contributed by atoms with Crippen LogP contribution in [0.5, 0.6) is 0 Å². The molecule has 2 aliphatic heterocycles. The first-order valence-corrected chi connectivity index (χ1v) is 9.11. The lowest BCUT2D eigenvalue weighted by atomic mass is 10.1. The standard InChI is InChI=1S/C20H28N4O3/c1-15(12-21(2)3)23-14-22(4)24-11-10-17(25)19(18(24)20(23)26)27-13-16-8-6-5-7-9-16/h5-11,15,17,25H,12-14H2,1-4H3. The maximum absolute atomic E-state index is 13.3. The van der Waals surface area contributed by atoms with Gasteiger partial charge in [-0.25, -0.2) is 0 Å². The zero-order valence-electron chi connectivity index (χ0n) is 16.4. The van der Waals surface area contributed by atoms with Crippen molar-refractivity contribution >= 4 is 5.91 Å². The SMILES string of the molecule is CC(CN(C)C)N1CN(C)N2C=CC(O)C(OCc3ccccc3)=C2C1=O. The molecule has 0 saturated carbocycles. The number of hydrazine groups is 1. The Hall–Kier alpha value is -2.35. The molecular formula is C20H28N4O3. The average Bonchev–Trinajstić information content (AvgIpc) is 2.63. The van der Waals surface area contributed by atoms with Gasteiger partial charge < -0.3 is 19.6 Å². The van der Waals surface area contributed by atoms with E-state index in [1.165, 1.54) is 0 Å². The Morgan fingerprint density at radius 2 is 2.00 bits per heavy atom. The molecule has 2 atom stereocenters. The van der Waals surface area contributed by atoms with E-state index in [9.17, 15) is 9.90 Å². The molecule has 0 bridgehead atoms. The summed E-state index contributed by atoms with van der Waals surface area (Å²) in [6.45, 7) is 3.55.